The Morgan fingerprint density at radius 1 is 1.25 bits per heavy atom. The molecule has 0 aliphatic rings. The van der Waals surface area contributed by atoms with E-state index in [2.05, 4.69) is 38.0 Å². The molecule has 122 valence electrons. The number of aryl methyl sites for hydroxylation is 1. The molecule has 0 unspecified atom stereocenters. The van der Waals surface area contributed by atoms with Gasteiger partial charge in [0.15, 0.2) is 5.82 Å². The second kappa shape index (κ2) is 7.80. The number of thioether (sulfide) groups is 1. The van der Waals surface area contributed by atoms with Crippen molar-refractivity contribution in [2.24, 2.45) is 0 Å². The summed E-state index contributed by atoms with van der Waals surface area (Å²) in [6, 6.07) is 15.2. The molecule has 7 heteroatoms. The standard InChI is InChI=1S/C17H14IN3O2S/c1-11-19-16(21-23-11)10-24-15-8-3-2-7-14(15)17(22)20-13-6-4-5-12(18)9-13/h2-9H,10H2,1H3,(H,20,22). The molecule has 2 aromatic carbocycles. The van der Waals surface area contributed by atoms with Gasteiger partial charge in [-0.3, -0.25) is 4.79 Å². The van der Waals surface area contributed by atoms with Gasteiger partial charge in [0.25, 0.3) is 5.91 Å². The number of hydrogen-bond acceptors (Lipinski definition) is 5. The lowest BCUT2D eigenvalue weighted by Gasteiger charge is -2.09. The van der Waals surface area contributed by atoms with E-state index in [-0.39, 0.29) is 5.91 Å². The van der Waals surface area contributed by atoms with E-state index in [1.807, 2.05) is 48.5 Å². The van der Waals surface area contributed by atoms with E-state index in [1.54, 1.807) is 6.92 Å². The van der Waals surface area contributed by atoms with Gasteiger partial charge in [-0.15, -0.1) is 11.8 Å². The lowest BCUT2D eigenvalue weighted by atomic mass is 10.2. The molecule has 0 bridgehead atoms. The van der Waals surface area contributed by atoms with E-state index < -0.39 is 0 Å². The molecule has 0 saturated carbocycles. The third kappa shape index (κ3) is 4.35. The maximum atomic E-state index is 12.6. The minimum Gasteiger partial charge on any atom is -0.340 e. The molecule has 0 aliphatic carbocycles. The van der Waals surface area contributed by atoms with Crippen molar-refractivity contribution >= 4 is 45.9 Å². The topological polar surface area (TPSA) is 68.0 Å². The fourth-order valence-corrected chi connectivity index (χ4v) is 3.52. The summed E-state index contributed by atoms with van der Waals surface area (Å²) in [5.74, 6) is 1.57. The van der Waals surface area contributed by atoms with E-state index in [1.165, 1.54) is 11.8 Å². The van der Waals surface area contributed by atoms with Crippen molar-refractivity contribution in [3.8, 4) is 0 Å². The minimum absolute atomic E-state index is 0.135. The summed E-state index contributed by atoms with van der Waals surface area (Å²) < 4.78 is 6.04. The van der Waals surface area contributed by atoms with Gasteiger partial charge in [0.05, 0.1) is 11.3 Å². The minimum atomic E-state index is -0.135. The average molecular weight is 451 g/mol. The summed E-state index contributed by atoms with van der Waals surface area (Å²) in [6.45, 7) is 1.75. The van der Waals surface area contributed by atoms with E-state index in [0.717, 1.165) is 14.2 Å². The quantitative estimate of drug-likeness (QED) is 0.456. The van der Waals surface area contributed by atoms with Crippen molar-refractivity contribution in [2.45, 2.75) is 17.6 Å². The Labute approximate surface area is 157 Å². The number of nitrogens with one attached hydrogen (secondary N) is 1. The average Bonchev–Trinajstić information content (AvgIpc) is 2.99. The first-order valence-electron chi connectivity index (χ1n) is 7.20. The highest BCUT2D eigenvalue weighted by atomic mass is 127. The van der Waals surface area contributed by atoms with Crippen LogP contribution in [-0.4, -0.2) is 16.0 Å². The largest absolute Gasteiger partial charge is 0.340 e. The summed E-state index contributed by atoms with van der Waals surface area (Å²) in [5, 5.41) is 6.81. The van der Waals surface area contributed by atoms with Crippen LogP contribution in [0.1, 0.15) is 22.1 Å². The van der Waals surface area contributed by atoms with Crippen LogP contribution in [0.2, 0.25) is 0 Å². The Bertz CT molecular complexity index is 866. The van der Waals surface area contributed by atoms with Crippen molar-refractivity contribution in [3.05, 3.63) is 69.4 Å². The fraction of sp³-hybridized carbons (Fsp3) is 0.118. The van der Waals surface area contributed by atoms with E-state index in [9.17, 15) is 4.79 Å². The summed E-state index contributed by atoms with van der Waals surface area (Å²) in [6.07, 6.45) is 0. The molecule has 0 saturated heterocycles. The highest BCUT2D eigenvalue weighted by Gasteiger charge is 2.13. The molecular weight excluding hydrogens is 437 g/mol. The number of nitrogens with zero attached hydrogens (tertiary/aromatic N) is 2. The SMILES string of the molecule is Cc1nc(CSc2ccccc2C(=O)Nc2cccc(I)c2)no1. The lowest BCUT2D eigenvalue weighted by molar-refractivity contribution is 0.102. The van der Waals surface area contributed by atoms with Gasteiger partial charge in [0, 0.05) is 21.1 Å². The Kier molecular flexibility index (Phi) is 5.52. The van der Waals surface area contributed by atoms with Crippen LogP contribution < -0.4 is 5.32 Å². The Morgan fingerprint density at radius 2 is 2.08 bits per heavy atom. The molecule has 0 aliphatic heterocycles. The number of carbonyl (C=O) groups is 1. The van der Waals surface area contributed by atoms with Crippen LogP contribution in [0.4, 0.5) is 5.69 Å². The van der Waals surface area contributed by atoms with Crippen molar-refractivity contribution in [3.63, 3.8) is 0 Å². The number of anilines is 1. The molecule has 24 heavy (non-hydrogen) atoms. The molecule has 1 aromatic heterocycles. The second-order valence-electron chi connectivity index (χ2n) is 4.98. The van der Waals surface area contributed by atoms with Gasteiger partial charge < -0.3 is 9.84 Å². The van der Waals surface area contributed by atoms with E-state index in [0.29, 0.717) is 23.0 Å². The molecule has 1 heterocycles. The zero-order chi connectivity index (χ0) is 16.9. The predicted molar refractivity (Wildman–Crippen MR) is 102 cm³/mol. The number of amides is 1. The van der Waals surface area contributed by atoms with Crippen LogP contribution in [0.15, 0.2) is 57.9 Å². The Hall–Kier alpha value is -1.87. The second-order valence-corrected chi connectivity index (χ2v) is 7.24. The summed E-state index contributed by atoms with van der Waals surface area (Å²) in [4.78, 5) is 17.6. The molecule has 3 rings (SSSR count). The summed E-state index contributed by atoms with van der Waals surface area (Å²) >= 11 is 3.73. The van der Waals surface area contributed by atoms with Crippen LogP contribution in [-0.2, 0) is 5.75 Å². The number of aromatic nitrogens is 2. The third-order valence-corrected chi connectivity index (χ3v) is 4.88. The van der Waals surface area contributed by atoms with Gasteiger partial charge in [0.1, 0.15) is 0 Å². The third-order valence-electron chi connectivity index (χ3n) is 3.14. The molecule has 1 amide bonds. The van der Waals surface area contributed by atoms with Gasteiger partial charge in [-0.05, 0) is 52.9 Å². The molecule has 5 nitrogen and oxygen atoms in total. The first kappa shape index (κ1) is 17.0. The fourth-order valence-electron chi connectivity index (χ4n) is 2.09. The van der Waals surface area contributed by atoms with Crippen molar-refractivity contribution in [1.82, 2.24) is 10.1 Å². The monoisotopic (exact) mass is 451 g/mol. The Balaban J connectivity index is 1.74. The number of carbonyl (C=O) groups excluding carboxylic acids is 1. The summed E-state index contributed by atoms with van der Waals surface area (Å²) in [5.41, 5.74) is 1.40. The van der Waals surface area contributed by atoms with Gasteiger partial charge in [-0.1, -0.05) is 23.4 Å². The predicted octanol–water partition coefficient (Wildman–Crippen LogP) is 4.53. The number of halogens is 1. The zero-order valence-corrected chi connectivity index (χ0v) is 15.8. The smallest absolute Gasteiger partial charge is 0.256 e. The molecule has 0 fully saturated rings. The van der Waals surface area contributed by atoms with Gasteiger partial charge in [-0.25, -0.2) is 0 Å². The van der Waals surface area contributed by atoms with Crippen LogP contribution in [0, 0.1) is 10.5 Å². The van der Waals surface area contributed by atoms with Crippen LogP contribution in [0.5, 0.6) is 0 Å². The first-order valence-corrected chi connectivity index (χ1v) is 9.26. The molecule has 0 atom stereocenters. The maximum Gasteiger partial charge on any atom is 0.256 e. The number of hydrogen-bond donors (Lipinski definition) is 1. The van der Waals surface area contributed by atoms with Crippen molar-refractivity contribution in [1.29, 1.82) is 0 Å². The Morgan fingerprint density at radius 3 is 2.83 bits per heavy atom. The normalized spacial score (nSPS) is 10.6. The van der Waals surface area contributed by atoms with Crippen LogP contribution in [0.3, 0.4) is 0 Å². The highest BCUT2D eigenvalue weighted by molar-refractivity contribution is 14.1. The first-order chi connectivity index (χ1) is 11.6. The molecular formula is C17H14IN3O2S. The van der Waals surface area contributed by atoms with Gasteiger partial charge in [-0.2, -0.15) is 4.98 Å². The van der Waals surface area contributed by atoms with Crippen LogP contribution >= 0.6 is 34.4 Å². The number of rotatable bonds is 5. The van der Waals surface area contributed by atoms with Gasteiger partial charge >= 0.3 is 0 Å². The molecule has 1 N–H and O–H groups in total. The highest BCUT2D eigenvalue weighted by Crippen LogP contribution is 2.26. The number of benzene rings is 2. The zero-order valence-electron chi connectivity index (χ0n) is 12.8. The van der Waals surface area contributed by atoms with E-state index in [4.69, 9.17) is 4.52 Å². The molecule has 3 aromatic rings. The van der Waals surface area contributed by atoms with Crippen LogP contribution in [0.25, 0.3) is 0 Å². The lowest BCUT2D eigenvalue weighted by Crippen LogP contribution is -2.13. The summed E-state index contributed by atoms with van der Waals surface area (Å²) in [7, 11) is 0. The van der Waals surface area contributed by atoms with Crippen molar-refractivity contribution in [2.75, 3.05) is 5.32 Å². The van der Waals surface area contributed by atoms with E-state index >= 15 is 0 Å². The molecule has 0 radical (unpaired) electrons. The van der Waals surface area contributed by atoms with Gasteiger partial charge in [0.2, 0.25) is 5.89 Å². The maximum absolute atomic E-state index is 12.6. The molecule has 0 spiro atoms. The van der Waals surface area contributed by atoms with Crippen molar-refractivity contribution < 1.29 is 9.32 Å².